The average Bonchev–Trinajstić information content (AvgIpc) is 2.85. The van der Waals surface area contributed by atoms with Crippen LogP contribution in [-0.4, -0.2) is 55.8 Å². The number of nitrogens with one attached hydrogen (secondary N) is 1. The third kappa shape index (κ3) is 2.81. The summed E-state index contributed by atoms with van der Waals surface area (Å²) >= 11 is 0. The zero-order chi connectivity index (χ0) is 12.3. The number of piperidine rings is 1. The summed E-state index contributed by atoms with van der Waals surface area (Å²) in [6.45, 7) is 5.78. The van der Waals surface area contributed by atoms with E-state index in [1.165, 1.54) is 0 Å². The zero-order valence-electron chi connectivity index (χ0n) is 10.6. The van der Waals surface area contributed by atoms with E-state index >= 15 is 0 Å². The van der Waals surface area contributed by atoms with Gasteiger partial charge in [-0.3, -0.25) is 0 Å². The van der Waals surface area contributed by atoms with Gasteiger partial charge in [0.2, 0.25) is 0 Å². The fourth-order valence-corrected chi connectivity index (χ4v) is 4.70. The highest BCUT2D eigenvalue weighted by Crippen LogP contribution is 2.21. The molecule has 0 unspecified atom stereocenters. The van der Waals surface area contributed by atoms with E-state index in [1.54, 1.807) is 8.61 Å². The monoisotopic (exact) mass is 261 g/mol. The first-order valence-electron chi connectivity index (χ1n) is 6.64. The Morgan fingerprint density at radius 1 is 1.24 bits per heavy atom. The molecule has 100 valence electrons. The number of hydrogen-bond donors (Lipinski definition) is 1. The van der Waals surface area contributed by atoms with Gasteiger partial charge in [-0.2, -0.15) is 17.0 Å². The van der Waals surface area contributed by atoms with E-state index < -0.39 is 10.2 Å². The highest BCUT2D eigenvalue weighted by molar-refractivity contribution is 7.86. The molecule has 0 bridgehead atoms. The fraction of sp³-hybridized carbons (Fsp3) is 1.00. The Kier molecular flexibility index (Phi) is 4.41. The van der Waals surface area contributed by atoms with Crippen molar-refractivity contribution in [2.45, 2.75) is 38.6 Å². The molecule has 0 aliphatic carbocycles. The van der Waals surface area contributed by atoms with Crippen molar-refractivity contribution >= 4 is 10.2 Å². The molecule has 0 radical (unpaired) electrons. The fourth-order valence-electron chi connectivity index (χ4n) is 2.77. The van der Waals surface area contributed by atoms with Crippen LogP contribution in [0.15, 0.2) is 0 Å². The van der Waals surface area contributed by atoms with E-state index in [2.05, 4.69) is 5.32 Å². The highest BCUT2D eigenvalue weighted by Gasteiger charge is 2.35. The molecule has 2 aliphatic rings. The summed E-state index contributed by atoms with van der Waals surface area (Å²) in [7, 11) is -3.21. The van der Waals surface area contributed by atoms with Crippen LogP contribution in [0.4, 0.5) is 0 Å². The van der Waals surface area contributed by atoms with E-state index in [0.717, 1.165) is 38.8 Å². The third-order valence-corrected chi connectivity index (χ3v) is 5.88. The Morgan fingerprint density at radius 2 is 1.82 bits per heavy atom. The van der Waals surface area contributed by atoms with Gasteiger partial charge in [-0.25, -0.2) is 0 Å². The predicted octanol–water partition coefficient (Wildman–Crippen LogP) is 0.401. The van der Waals surface area contributed by atoms with Crippen molar-refractivity contribution < 1.29 is 8.42 Å². The molecule has 0 aromatic carbocycles. The van der Waals surface area contributed by atoms with Crippen LogP contribution in [0.5, 0.6) is 0 Å². The molecule has 0 spiro atoms. The summed E-state index contributed by atoms with van der Waals surface area (Å²) < 4.78 is 28.3. The Morgan fingerprint density at radius 3 is 2.35 bits per heavy atom. The second-order valence-corrected chi connectivity index (χ2v) is 6.68. The topological polar surface area (TPSA) is 52.7 Å². The summed E-state index contributed by atoms with van der Waals surface area (Å²) in [6.07, 6.45) is 3.87. The molecule has 5 nitrogen and oxygen atoms in total. The first kappa shape index (κ1) is 13.3. The third-order valence-electron chi connectivity index (χ3n) is 3.72. The van der Waals surface area contributed by atoms with Crippen LogP contribution < -0.4 is 5.32 Å². The van der Waals surface area contributed by atoms with Crippen LogP contribution in [0.25, 0.3) is 0 Å². The maximum absolute atomic E-state index is 12.5. The molecule has 0 atom stereocenters. The molecule has 0 aromatic heterocycles. The first-order chi connectivity index (χ1) is 8.16. The van der Waals surface area contributed by atoms with Crippen LogP contribution >= 0.6 is 0 Å². The molecule has 1 N–H and O–H groups in total. The summed E-state index contributed by atoms with van der Waals surface area (Å²) in [4.78, 5) is 0. The normalized spacial score (nSPS) is 24.6. The van der Waals surface area contributed by atoms with E-state index in [-0.39, 0.29) is 6.04 Å². The Balaban J connectivity index is 2.10. The molecule has 2 fully saturated rings. The van der Waals surface area contributed by atoms with Gasteiger partial charge in [0.25, 0.3) is 10.2 Å². The molecule has 2 aliphatic heterocycles. The smallest absolute Gasteiger partial charge is 0.282 e. The van der Waals surface area contributed by atoms with Gasteiger partial charge in [0.1, 0.15) is 0 Å². The Bertz CT molecular complexity index is 333. The predicted molar refractivity (Wildman–Crippen MR) is 68.0 cm³/mol. The van der Waals surface area contributed by atoms with Crippen molar-refractivity contribution in [1.82, 2.24) is 13.9 Å². The zero-order valence-corrected chi connectivity index (χ0v) is 11.4. The number of rotatable bonds is 4. The lowest BCUT2D eigenvalue weighted by Gasteiger charge is -2.35. The van der Waals surface area contributed by atoms with Crippen molar-refractivity contribution in [3.05, 3.63) is 0 Å². The van der Waals surface area contributed by atoms with Crippen molar-refractivity contribution in [2.75, 3.05) is 32.7 Å². The SMILES string of the molecule is CCN(C1CCNCC1)S(=O)(=O)N1CCCC1. The molecule has 2 rings (SSSR count). The Hall–Kier alpha value is -0.170. The van der Waals surface area contributed by atoms with E-state index in [9.17, 15) is 8.42 Å². The number of hydrogen-bond acceptors (Lipinski definition) is 3. The second kappa shape index (κ2) is 5.65. The standard InChI is InChI=1S/C11H23N3O2S/c1-2-14(11-5-7-12-8-6-11)17(15,16)13-9-3-4-10-13/h11-12H,2-10H2,1H3. The molecule has 2 heterocycles. The minimum absolute atomic E-state index is 0.187. The van der Waals surface area contributed by atoms with Gasteiger partial charge in [0.05, 0.1) is 0 Å². The number of nitrogens with zero attached hydrogens (tertiary/aromatic N) is 2. The van der Waals surface area contributed by atoms with E-state index in [4.69, 9.17) is 0 Å². The lowest BCUT2D eigenvalue weighted by atomic mass is 10.1. The van der Waals surface area contributed by atoms with Crippen molar-refractivity contribution in [1.29, 1.82) is 0 Å². The lowest BCUT2D eigenvalue weighted by Crippen LogP contribution is -2.50. The van der Waals surface area contributed by atoms with Gasteiger partial charge in [-0.05, 0) is 38.8 Å². The molecule has 17 heavy (non-hydrogen) atoms. The van der Waals surface area contributed by atoms with Gasteiger partial charge >= 0.3 is 0 Å². The van der Waals surface area contributed by atoms with E-state index in [0.29, 0.717) is 19.6 Å². The molecule has 2 saturated heterocycles. The molecule has 6 heteroatoms. The van der Waals surface area contributed by atoms with Gasteiger partial charge in [-0.1, -0.05) is 6.92 Å². The van der Waals surface area contributed by atoms with Crippen LogP contribution in [0, 0.1) is 0 Å². The van der Waals surface area contributed by atoms with Crippen LogP contribution in [0.1, 0.15) is 32.6 Å². The van der Waals surface area contributed by atoms with Crippen LogP contribution in [0.3, 0.4) is 0 Å². The lowest BCUT2D eigenvalue weighted by molar-refractivity contribution is 0.254. The summed E-state index contributed by atoms with van der Waals surface area (Å²) in [5, 5.41) is 3.28. The average molecular weight is 261 g/mol. The van der Waals surface area contributed by atoms with Crippen molar-refractivity contribution in [2.24, 2.45) is 0 Å². The summed E-state index contributed by atoms with van der Waals surface area (Å²) in [5.41, 5.74) is 0. The molecule has 0 aromatic rings. The van der Waals surface area contributed by atoms with Crippen LogP contribution in [-0.2, 0) is 10.2 Å². The minimum atomic E-state index is -3.21. The Labute approximate surface area is 104 Å². The molecule has 0 amide bonds. The molecule has 0 saturated carbocycles. The second-order valence-electron chi connectivity index (χ2n) is 4.80. The highest BCUT2D eigenvalue weighted by atomic mass is 32.2. The first-order valence-corrected chi connectivity index (χ1v) is 8.03. The molecular weight excluding hydrogens is 238 g/mol. The van der Waals surface area contributed by atoms with E-state index in [1.807, 2.05) is 6.92 Å². The maximum atomic E-state index is 12.5. The largest absolute Gasteiger partial charge is 0.317 e. The van der Waals surface area contributed by atoms with Gasteiger partial charge in [0, 0.05) is 25.7 Å². The molecular formula is C11H23N3O2S. The summed E-state index contributed by atoms with van der Waals surface area (Å²) in [5.74, 6) is 0. The minimum Gasteiger partial charge on any atom is -0.317 e. The van der Waals surface area contributed by atoms with Gasteiger partial charge < -0.3 is 5.32 Å². The quantitative estimate of drug-likeness (QED) is 0.797. The summed E-state index contributed by atoms with van der Waals surface area (Å²) in [6, 6.07) is 0.187. The van der Waals surface area contributed by atoms with Crippen LogP contribution in [0.2, 0.25) is 0 Å². The maximum Gasteiger partial charge on any atom is 0.282 e. The van der Waals surface area contributed by atoms with Crippen molar-refractivity contribution in [3.8, 4) is 0 Å². The van der Waals surface area contributed by atoms with Gasteiger partial charge in [0.15, 0.2) is 0 Å². The van der Waals surface area contributed by atoms with Gasteiger partial charge in [-0.15, -0.1) is 0 Å². The van der Waals surface area contributed by atoms with Crippen molar-refractivity contribution in [3.63, 3.8) is 0 Å².